The predicted molar refractivity (Wildman–Crippen MR) is 71.2 cm³/mol. The zero-order valence-corrected chi connectivity index (χ0v) is 11.0. The maximum Gasteiger partial charge on any atom is 0.0944 e. The molecule has 0 spiro atoms. The molecule has 0 amide bonds. The van der Waals surface area contributed by atoms with Gasteiger partial charge in [0.15, 0.2) is 0 Å². The Morgan fingerprint density at radius 1 is 1.38 bits per heavy atom. The molecule has 2 aromatic rings. The van der Waals surface area contributed by atoms with E-state index in [0.29, 0.717) is 6.04 Å². The Balaban J connectivity index is 2.03. The standard InChI is InChI=1S/C12H16N2S2/c1-2-5-13-10(11-4-3-7-15-11)9-12-14-6-8-16-12/h3-4,6-8,10,13H,2,5,9H2,1H3. The minimum atomic E-state index is 0.422. The summed E-state index contributed by atoms with van der Waals surface area (Å²) in [7, 11) is 0. The highest BCUT2D eigenvalue weighted by molar-refractivity contribution is 7.10. The Hall–Kier alpha value is -0.710. The Morgan fingerprint density at radius 3 is 2.94 bits per heavy atom. The second kappa shape index (κ2) is 6.13. The van der Waals surface area contributed by atoms with Crippen molar-refractivity contribution in [3.8, 4) is 0 Å². The minimum Gasteiger partial charge on any atom is -0.309 e. The predicted octanol–water partition coefficient (Wildman–Crippen LogP) is 3.49. The molecule has 2 aromatic heterocycles. The van der Waals surface area contributed by atoms with Gasteiger partial charge in [0.2, 0.25) is 0 Å². The average molecular weight is 252 g/mol. The highest BCUT2D eigenvalue weighted by Crippen LogP contribution is 2.23. The first kappa shape index (κ1) is 11.8. The third kappa shape index (κ3) is 3.14. The van der Waals surface area contributed by atoms with Gasteiger partial charge in [-0.3, -0.25) is 0 Å². The van der Waals surface area contributed by atoms with Crippen LogP contribution in [0.2, 0.25) is 0 Å². The summed E-state index contributed by atoms with van der Waals surface area (Å²) >= 11 is 3.55. The van der Waals surface area contributed by atoms with Crippen LogP contribution < -0.4 is 5.32 Å². The Bertz CT molecular complexity index is 381. The van der Waals surface area contributed by atoms with Crippen LogP contribution in [0.1, 0.15) is 29.3 Å². The number of thiazole rings is 1. The van der Waals surface area contributed by atoms with E-state index in [0.717, 1.165) is 13.0 Å². The van der Waals surface area contributed by atoms with E-state index in [1.54, 1.807) is 11.3 Å². The van der Waals surface area contributed by atoms with Crippen molar-refractivity contribution in [2.75, 3.05) is 6.54 Å². The zero-order valence-electron chi connectivity index (χ0n) is 9.35. The van der Waals surface area contributed by atoms with Crippen LogP contribution in [0.15, 0.2) is 29.1 Å². The molecule has 0 aliphatic carbocycles. The lowest BCUT2D eigenvalue weighted by molar-refractivity contribution is 0.535. The van der Waals surface area contributed by atoms with E-state index >= 15 is 0 Å². The smallest absolute Gasteiger partial charge is 0.0944 e. The van der Waals surface area contributed by atoms with Crippen LogP contribution >= 0.6 is 22.7 Å². The molecule has 1 unspecified atom stereocenters. The van der Waals surface area contributed by atoms with E-state index in [9.17, 15) is 0 Å². The van der Waals surface area contributed by atoms with E-state index in [-0.39, 0.29) is 0 Å². The quantitative estimate of drug-likeness (QED) is 0.851. The molecule has 2 heterocycles. The van der Waals surface area contributed by atoms with Crippen molar-refractivity contribution >= 4 is 22.7 Å². The molecule has 4 heteroatoms. The minimum absolute atomic E-state index is 0.422. The van der Waals surface area contributed by atoms with E-state index in [1.165, 1.54) is 16.3 Å². The molecule has 0 bridgehead atoms. The van der Waals surface area contributed by atoms with E-state index in [4.69, 9.17) is 0 Å². The maximum absolute atomic E-state index is 4.36. The SMILES string of the molecule is CCCNC(Cc1nccs1)c1cccs1. The molecular formula is C12H16N2S2. The van der Waals surface area contributed by atoms with Crippen molar-refractivity contribution in [1.29, 1.82) is 0 Å². The van der Waals surface area contributed by atoms with Gasteiger partial charge in [-0.05, 0) is 24.4 Å². The second-order valence-corrected chi connectivity index (χ2v) is 5.61. The summed E-state index contributed by atoms with van der Waals surface area (Å²) in [6, 6.07) is 4.74. The normalized spacial score (nSPS) is 12.8. The number of thiophene rings is 1. The average Bonchev–Trinajstić information content (AvgIpc) is 2.96. The fourth-order valence-corrected chi connectivity index (χ4v) is 3.08. The molecule has 16 heavy (non-hydrogen) atoms. The molecule has 1 N–H and O–H groups in total. The number of hydrogen-bond donors (Lipinski definition) is 1. The third-order valence-corrected chi connectivity index (χ3v) is 4.18. The molecule has 0 radical (unpaired) electrons. The number of nitrogens with zero attached hydrogens (tertiary/aromatic N) is 1. The van der Waals surface area contributed by atoms with Crippen molar-refractivity contribution in [3.05, 3.63) is 39.0 Å². The van der Waals surface area contributed by atoms with Gasteiger partial charge in [-0.2, -0.15) is 0 Å². The van der Waals surface area contributed by atoms with Gasteiger partial charge in [0.1, 0.15) is 0 Å². The number of nitrogens with one attached hydrogen (secondary N) is 1. The molecule has 0 fully saturated rings. The van der Waals surface area contributed by atoms with Gasteiger partial charge >= 0.3 is 0 Å². The monoisotopic (exact) mass is 252 g/mol. The highest BCUT2D eigenvalue weighted by Gasteiger charge is 2.13. The second-order valence-electron chi connectivity index (χ2n) is 3.65. The van der Waals surface area contributed by atoms with Crippen LogP contribution in [0.3, 0.4) is 0 Å². The van der Waals surface area contributed by atoms with Crippen molar-refractivity contribution in [2.24, 2.45) is 0 Å². The lowest BCUT2D eigenvalue weighted by Gasteiger charge is -2.15. The summed E-state index contributed by atoms with van der Waals surface area (Å²) in [6.45, 7) is 3.26. The highest BCUT2D eigenvalue weighted by atomic mass is 32.1. The Labute approximate surface area is 104 Å². The molecule has 1 atom stereocenters. The van der Waals surface area contributed by atoms with Crippen LogP contribution in [0.4, 0.5) is 0 Å². The van der Waals surface area contributed by atoms with Crippen LogP contribution in [0.25, 0.3) is 0 Å². The van der Waals surface area contributed by atoms with Gasteiger partial charge in [0, 0.05) is 28.9 Å². The number of rotatable bonds is 6. The first-order valence-electron chi connectivity index (χ1n) is 5.55. The Kier molecular flexibility index (Phi) is 4.51. The van der Waals surface area contributed by atoms with Crippen molar-refractivity contribution in [2.45, 2.75) is 25.8 Å². The van der Waals surface area contributed by atoms with E-state index in [1.807, 2.05) is 22.9 Å². The number of hydrogen-bond acceptors (Lipinski definition) is 4. The Morgan fingerprint density at radius 2 is 2.31 bits per heavy atom. The molecule has 86 valence electrons. The van der Waals surface area contributed by atoms with E-state index in [2.05, 4.69) is 34.7 Å². The number of aromatic nitrogens is 1. The fraction of sp³-hybridized carbons (Fsp3) is 0.417. The molecule has 0 saturated heterocycles. The first-order chi connectivity index (χ1) is 7.90. The summed E-state index contributed by atoms with van der Waals surface area (Å²) in [5, 5.41) is 8.98. The topological polar surface area (TPSA) is 24.9 Å². The molecule has 0 aliphatic rings. The van der Waals surface area contributed by atoms with Crippen LogP contribution in [-0.2, 0) is 6.42 Å². The molecule has 2 rings (SSSR count). The van der Waals surface area contributed by atoms with Gasteiger partial charge in [-0.25, -0.2) is 4.98 Å². The summed E-state index contributed by atoms with van der Waals surface area (Å²) < 4.78 is 0. The van der Waals surface area contributed by atoms with Crippen molar-refractivity contribution in [3.63, 3.8) is 0 Å². The summed E-state index contributed by atoms with van der Waals surface area (Å²) in [6.07, 6.45) is 4.04. The fourth-order valence-electron chi connectivity index (χ4n) is 1.61. The largest absolute Gasteiger partial charge is 0.309 e. The van der Waals surface area contributed by atoms with Crippen molar-refractivity contribution in [1.82, 2.24) is 10.3 Å². The van der Waals surface area contributed by atoms with Crippen LogP contribution in [0, 0.1) is 0 Å². The lowest BCUT2D eigenvalue weighted by atomic mass is 10.1. The van der Waals surface area contributed by atoms with Gasteiger partial charge in [-0.15, -0.1) is 22.7 Å². The third-order valence-electron chi connectivity index (χ3n) is 2.39. The van der Waals surface area contributed by atoms with Gasteiger partial charge in [-0.1, -0.05) is 13.0 Å². The molecule has 0 aromatic carbocycles. The first-order valence-corrected chi connectivity index (χ1v) is 7.31. The van der Waals surface area contributed by atoms with Crippen LogP contribution in [0.5, 0.6) is 0 Å². The molecule has 0 aliphatic heterocycles. The van der Waals surface area contributed by atoms with Crippen LogP contribution in [-0.4, -0.2) is 11.5 Å². The molecular weight excluding hydrogens is 236 g/mol. The summed E-state index contributed by atoms with van der Waals surface area (Å²) in [5.41, 5.74) is 0. The summed E-state index contributed by atoms with van der Waals surface area (Å²) in [5.74, 6) is 0. The van der Waals surface area contributed by atoms with Gasteiger partial charge in [0.05, 0.1) is 5.01 Å². The lowest BCUT2D eigenvalue weighted by Crippen LogP contribution is -2.23. The van der Waals surface area contributed by atoms with E-state index < -0.39 is 0 Å². The zero-order chi connectivity index (χ0) is 11.2. The summed E-state index contributed by atoms with van der Waals surface area (Å²) in [4.78, 5) is 5.76. The van der Waals surface area contributed by atoms with Gasteiger partial charge in [0.25, 0.3) is 0 Å². The van der Waals surface area contributed by atoms with Gasteiger partial charge < -0.3 is 5.32 Å². The molecule has 2 nitrogen and oxygen atoms in total. The van der Waals surface area contributed by atoms with Crippen molar-refractivity contribution < 1.29 is 0 Å². The molecule has 0 saturated carbocycles. The maximum atomic E-state index is 4.36.